The second-order valence-electron chi connectivity index (χ2n) is 5.54. The van der Waals surface area contributed by atoms with Gasteiger partial charge in [-0.3, -0.25) is 14.5 Å². The maximum atomic E-state index is 12.1. The zero-order valence-corrected chi connectivity index (χ0v) is 11.9. The van der Waals surface area contributed by atoms with Gasteiger partial charge in [-0.05, 0) is 12.8 Å². The molecule has 2 aliphatic heterocycles. The van der Waals surface area contributed by atoms with Crippen molar-refractivity contribution in [3.05, 3.63) is 0 Å². The Morgan fingerprint density at radius 1 is 1.30 bits per heavy atom. The molecular weight excluding hydrogens is 260 g/mol. The summed E-state index contributed by atoms with van der Waals surface area (Å²) in [4.78, 5) is 25.5. The molecule has 2 aliphatic rings. The van der Waals surface area contributed by atoms with Crippen molar-refractivity contribution < 1.29 is 14.3 Å². The third kappa shape index (κ3) is 3.91. The highest BCUT2D eigenvalue weighted by Crippen LogP contribution is 2.15. The predicted octanol–water partition coefficient (Wildman–Crippen LogP) is -1.71. The van der Waals surface area contributed by atoms with Crippen LogP contribution in [0.3, 0.4) is 0 Å². The number of nitrogens with zero attached hydrogens (tertiary/aromatic N) is 1. The van der Waals surface area contributed by atoms with Gasteiger partial charge in [-0.15, -0.1) is 0 Å². The molecule has 20 heavy (non-hydrogen) atoms. The number of amides is 2. The molecule has 0 aromatic heterocycles. The van der Waals surface area contributed by atoms with E-state index >= 15 is 0 Å². The Morgan fingerprint density at radius 2 is 2.00 bits per heavy atom. The molecule has 2 atom stereocenters. The number of nitrogens with one attached hydrogen (secondary N) is 2. The Morgan fingerprint density at radius 3 is 2.55 bits per heavy atom. The Balaban J connectivity index is 1.71. The average Bonchev–Trinajstić information content (AvgIpc) is 2.87. The Kier molecular flexibility index (Phi) is 5.33. The second kappa shape index (κ2) is 7.01. The van der Waals surface area contributed by atoms with Gasteiger partial charge >= 0.3 is 0 Å². The van der Waals surface area contributed by atoms with Crippen LogP contribution >= 0.6 is 0 Å². The fourth-order valence-electron chi connectivity index (χ4n) is 2.67. The molecule has 114 valence electrons. The molecular formula is C13H24N4O3. The zero-order chi connectivity index (χ0) is 14.5. The van der Waals surface area contributed by atoms with Gasteiger partial charge in [0.25, 0.3) is 0 Å². The highest BCUT2D eigenvalue weighted by molar-refractivity contribution is 5.80. The number of hydrogen-bond acceptors (Lipinski definition) is 5. The smallest absolute Gasteiger partial charge is 0.233 e. The van der Waals surface area contributed by atoms with Crippen molar-refractivity contribution in [3.8, 4) is 0 Å². The number of likely N-dealkylation sites (tertiary alicyclic amines) is 1. The number of rotatable bonds is 4. The van der Waals surface area contributed by atoms with Gasteiger partial charge in [-0.25, -0.2) is 0 Å². The van der Waals surface area contributed by atoms with Crippen LogP contribution in [0.2, 0.25) is 0 Å². The highest BCUT2D eigenvalue weighted by Gasteiger charge is 2.33. The summed E-state index contributed by atoms with van der Waals surface area (Å²) < 4.78 is 5.21. The van der Waals surface area contributed by atoms with Crippen molar-refractivity contribution in [2.24, 2.45) is 11.7 Å². The van der Waals surface area contributed by atoms with Crippen LogP contribution in [0.25, 0.3) is 0 Å². The van der Waals surface area contributed by atoms with Gasteiger partial charge in [-0.1, -0.05) is 0 Å². The normalized spacial score (nSPS) is 28.3. The van der Waals surface area contributed by atoms with Gasteiger partial charge in [-0.2, -0.15) is 0 Å². The third-order valence-electron chi connectivity index (χ3n) is 4.04. The maximum absolute atomic E-state index is 12.1. The number of piperidine rings is 1. The van der Waals surface area contributed by atoms with Gasteiger partial charge in [0.2, 0.25) is 11.8 Å². The summed E-state index contributed by atoms with van der Waals surface area (Å²) in [7, 11) is 1.64. The topological polar surface area (TPSA) is 96.7 Å². The first kappa shape index (κ1) is 15.2. The van der Waals surface area contributed by atoms with Gasteiger partial charge in [0, 0.05) is 32.2 Å². The fraction of sp³-hybridized carbons (Fsp3) is 0.846. The van der Waals surface area contributed by atoms with Crippen LogP contribution in [0.5, 0.6) is 0 Å². The largest absolute Gasteiger partial charge is 0.379 e. The summed E-state index contributed by atoms with van der Waals surface area (Å²) in [5, 5.41) is 5.67. The lowest BCUT2D eigenvalue weighted by Crippen LogP contribution is -2.50. The molecule has 0 spiro atoms. The van der Waals surface area contributed by atoms with Crippen LogP contribution in [-0.2, 0) is 14.3 Å². The lowest BCUT2D eigenvalue weighted by molar-refractivity contribution is -0.127. The van der Waals surface area contributed by atoms with E-state index in [0.29, 0.717) is 19.8 Å². The molecule has 4 N–H and O–H groups in total. The van der Waals surface area contributed by atoms with Crippen LogP contribution in [0.4, 0.5) is 0 Å². The van der Waals surface area contributed by atoms with Crippen molar-refractivity contribution >= 4 is 11.8 Å². The number of likely N-dealkylation sites (N-methyl/N-ethyl adjacent to an activating group) is 1. The van der Waals surface area contributed by atoms with Gasteiger partial charge < -0.3 is 21.1 Å². The molecule has 0 aliphatic carbocycles. The molecule has 2 unspecified atom stereocenters. The minimum Gasteiger partial charge on any atom is -0.379 e. The van der Waals surface area contributed by atoms with Crippen molar-refractivity contribution in [1.82, 2.24) is 15.5 Å². The molecule has 2 amide bonds. The van der Waals surface area contributed by atoms with Crippen molar-refractivity contribution in [3.63, 3.8) is 0 Å². The number of carbonyl (C=O) groups is 2. The molecule has 2 saturated heterocycles. The number of carbonyl (C=O) groups excluding carboxylic acids is 2. The van der Waals surface area contributed by atoms with Crippen LogP contribution in [-0.4, -0.2) is 68.7 Å². The number of hydrogen-bond donors (Lipinski definition) is 3. The zero-order valence-electron chi connectivity index (χ0n) is 11.9. The predicted molar refractivity (Wildman–Crippen MR) is 74.0 cm³/mol. The van der Waals surface area contributed by atoms with Crippen molar-refractivity contribution in [2.75, 3.05) is 39.9 Å². The van der Waals surface area contributed by atoms with Gasteiger partial charge in [0.05, 0.1) is 25.7 Å². The standard InChI is InChI=1S/C13H24N4O3/c1-15-12(18)6-17-4-2-9(3-5-17)16-13(19)10-7-20-8-11(10)14/h9-11H,2-8,14H2,1H3,(H,15,18)(H,16,19). The van der Waals surface area contributed by atoms with Crippen molar-refractivity contribution in [2.45, 2.75) is 24.9 Å². The summed E-state index contributed by atoms with van der Waals surface area (Å²) in [6, 6.07) is -0.0143. The summed E-state index contributed by atoms with van der Waals surface area (Å²) in [6.45, 7) is 2.96. The Labute approximate surface area is 119 Å². The van der Waals surface area contributed by atoms with E-state index in [1.807, 2.05) is 0 Å². The minimum atomic E-state index is -0.223. The van der Waals surface area contributed by atoms with E-state index < -0.39 is 0 Å². The molecule has 0 bridgehead atoms. The molecule has 0 saturated carbocycles. The molecule has 2 rings (SSSR count). The lowest BCUT2D eigenvalue weighted by Gasteiger charge is -2.32. The van der Waals surface area contributed by atoms with E-state index in [9.17, 15) is 9.59 Å². The number of ether oxygens (including phenoxy) is 1. The molecule has 2 heterocycles. The summed E-state index contributed by atoms with van der Waals surface area (Å²) in [5.41, 5.74) is 5.84. The Hall–Kier alpha value is -1.18. The van der Waals surface area contributed by atoms with Crippen molar-refractivity contribution in [1.29, 1.82) is 0 Å². The first-order valence-corrected chi connectivity index (χ1v) is 7.16. The summed E-state index contributed by atoms with van der Waals surface area (Å²) >= 11 is 0. The molecule has 0 radical (unpaired) electrons. The molecule has 7 nitrogen and oxygen atoms in total. The van der Waals surface area contributed by atoms with E-state index in [4.69, 9.17) is 10.5 Å². The molecule has 0 aromatic rings. The van der Waals surface area contributed by atoms with Crippen LogP contribution in [0.1, 0.15) is 12.8 Å². The third-order valence-corrected chi connectivity index (χ3v) is 4.04. The van der Waals surface area contributed by atoms with Crippen LogP contribution in [0, 0.1) is 5.92 Å². The minimum absolute atomic E-state index is 0.000230. The van der Waals surface area contributed by atoms with E-state index in [0.717, 1.165) is 25.9 Å². The first-order chi connectivity index (χ1) is 9.60. The van der Waals surface area contributed by atoms with E-state index in [1.165, 1.54) is 0 Å². The van der Waals surface area contributed by atoms with Crippen LogP contribution in [0.15, 0.2) is 0 Å². The first-order valence-electron chi connectivity index (χ1n) is 7.16. The summed E-state index contributed by atoms with van der Waals surface area (Å²) in [5.74, 6) is -0.194. The highest BCUT2D eigenvalue weighted by atomic mass is 16.5. The second-order valence-corrected chi connectivity index (χ2v) is 5.54. The van der Waals surface area contributed by atoms with Gasteiger partial charge in [0.1, 0.15) is 0 Å². The maximum Gasteiger partial charge on any atom is 0.233 e. The van der Waals surface area contributed by atoms with E-state index in [1.54, 1.807) is 7.05 Å². The van der Waals surface area contributed by atoms with Gasteiger partial charge in [0.15, 0.2) is 0 Å². The van der Waals surface area contributed by atoms with E-state index in [-0.39, 0.29) is 29.8 Å². The summed E-state index contributed by atoms with van der Waals surface area (Å²) in [6.07, 6.45) is 1.73. The molecule has 7 heteroatoms. The fourth-order valence-corrected chi connectivity index (χ4v) is 2.67. The monoisotopic (exact) mass is 284 g/mol. The average molecular weight is 284 g/mol. The Bertz CT molecular complexity index is 356. The quantitative estimate of drug-likeness (QED) is 0.571. The molecule has 2 fully saturated rings. The SMILES string of the molecule is CNC(=O)CN1CCC(NC(=O)C2COCC2N)CC1. The molecule has 0 aromatic carbocycles. The number of nitrogens with two attached hydrogens (primary N) is 1. The lowest BCUT2D eigenvalue weighted by atomic mass is 10.0. The van der Waals surface area contributed by atoms with Crippen LogP contribution < -0.4 is 16.4 Å². The van der Waals surface area contributed by atoms with E-state index in [2.05, 4.69) is 15.5 Å².